The fourth-order valence-electron chi connectivity index (χ4n) is 2.67. The van der Waals surface area contributed by atoms with E-state index in [1.807, 2.05) is 49.4 Å². The summed E-state index contributed by atoms with van der Waals surface area (Å²) < 4.78 is 5.15. The molecule has 116 valence electrons. The molecule has 1 unspecified atom stereocenters. The van der Waals surface area contributed by atoms with Crippen LogP contribution in [0.1, 0.15) is 40.3 Å². The van der Waals surface area contributed by atoms with Crippen LogP contribution in [0.25, 0.3) is 0 Å². The Hall–Kier alpha value is -2.29. The molecule has 0 bridgehead atoms. The fourth-order valence-corrected chi connectivity index (χ4v) is 2.67. The first-order valence-electron chi connectivity index (χ1n) is 7.49. The number of hydrogen-bond acceptors (Lipinski definition) is 2. The molecule has 3 heteroatoms. The molecule has 0 saturated carbocycles. The molecule has 0 heterocycles. The van der Waals surface area contributed by atoms with Crippen molar-refractivity contribution in [2.24, 2.45) is 0 Å². The standard InChI is InChI=1S/C19H22O3/c1-13-9-11-17(15(3)14(13)2)18(22-19(20)21)12-10-16-7-5-4-6-8-16/h4-9,11,18H,10,12H2,1-3H3,(H,20,21). The summed E-state index contributed by atoms with van der Waals surface area (Å²) in [6, 6.07) is 14.1. The van der Waals surface area contributed by atoms with Crippen molar-refractivity contribution in [1.29, 1.82) is 0 Å². The Kier molecular flexibility index (Phi) is 5.21. The van der Waals surface area contributed by atoms with Gasteiger partial charge in [0.15, 0.2) is 0 Å². The molecule has 0 amide bonds. The molecule has 0 radical (unpaired) electrons. The zero-order valence-corrected chi connectivity index (χ0v) is 13.3. The summed E-state index contributed by atoms with van der Waals surface area (Å²) in [6.07, 6.45) is -0.238. The molecule has 0 fully saturated rings. The molecule has 1 N–H and O–H groups in total. The Labute approximate surface area is 131 Å². The van der Waals surface area contributed by atoms with Crippen molar-refractivity contribution in [2.45, 2.75) is 39.7 Å². The van der Waals surface area contributed by atoms with E-state index in [-0.39, 0.29) is 0 Å². The molecule has 0 aromatic heterocycles. The third kappa shape index (κ3) is 3.88. The molecule has 2 aromatic rings. The van der Waals surface area contributed by atoms with E-state index in [0.717, 1.165) is 17.5 Å². The molecule has 0 saturated heterocycles. The molecule has 1 atom stereocenters. The molecule has 2 rings (SSSR count). The lowest BCUT2D eigenvalue weighted by Gasteiger charge is -2.20. The first-order valence-corrected chi connectivity index (χ1v) is 7.49. The second-order valence-corrected chi connectivity index (χ2v) is 5.62. The van der Waals surface area contributed by atoms with Gasteiger partial charge in [-0.3, -0.25) is 0 Å². The zero-order chi connectivity index (χ0) is 16.1. The fraction of sp³-hybridized carbons (Fsp3) is 0.316. The SMILES string of the molecule is Cc1ccc(C(CCc2ccccc2)OC(=O)O)c(C)c1C. The van der Waals surface area contributed by atoms with Crippen LogP contribution in [0, 0.1) is 20.8 Å². The van der Waals surface area contributed by atoms with E-state index in [1.165, 1.54) is 16.7 Å². The van der Waals surface area contributed by atoms with E-state index in [0.29, 0.717) is 6.42 Å². The van der Waals surface area contributed by atoms with Gasteiger partial charge in [-0.05, 0) is 61.4 Å². The van der Waals surface area contributed by atoms with Gasteiger partial charge in [0.25, 0.3) is 0 Å². The lowest BCUT2D eigenvalue weighted by Crippen LogP contribution is -2.12. The summed E-state index contributed by atoms with van der Waals surface area (Å²) in [7, 11) is 0. The Morgan fingerprint density at radius 3 is 2.36 bits per heavy atom. The van der Waals surface area contributed by atoms with Gasteiger partial charge in [-0.25, -0.2) is 4.79 Å². The van der Waals surface area contributed by atoms with Crippen LogP contribution >= 0.6 is 0 Å². The number of benzene rings is 2. The number of hydrogen-bond donors (Lipinski definition) is 1. The average molecular weight is 298 g/mol. The van der Waals surface area contributed by atoms with Crippen molar-refractivity contribution >= 4 is 6.16 Å². The Balaban J connectivity index is 2.23. The van der Waals surface area contributed by atoms with Gasteiger partial charge in [-0.15, -0.1) is 0 Å². The summed E-state index contributed by atoms with van der Waals surface area (Å²) in [5.41, 5.74) is 5.65. The van der Waals surface area contributed by atoms with Crippen LogP contribution in [0.2, 0.25) is 0 Å². The van der Waals surface area contributed by atoms with Gasteiger partial charge < -0.3 is 9.84 Å². The summed E-state index contributed by atoms with van der Waals surface area (Å²) >= 11 is 0. The van der Waals surface area contributed by atoms with Crippen molar-refractivity contribution in [3.8, 4) is 0 Å². The van der Waals surface area contributed by atoms with Crippen molar-refractivity contribution < 1.29 is 14.6 Å². The smallest absolute Gasteiger partial charge is 0.450 e. The molecule has 0 aliphatic heterocycles. The number of aryl methyl sites for hydroxylation is 2. The van der Waals surface area contributed by atoms with E-state index >= 15 is 0 Å². The minimum absolute atomic E-state index is 0.433. The Morgan fingerprint density at radius 1 is 1.05 bits per heavy atom. The van der Waals surface area contributed by atoms with Gasteiger partial charge in [0, 0.05) is 0 Å². The van der Waals surface area contributed by atoms with Gasteiger partial charge in [-0.1, -0.05) is 42.5 Å². The van der Waals surface area contributed by atoms with Gasteiger partial charge in [0.1, 0.15) is 6.10 Å². The minimum Gasteiger partial charge on any atom is -0.450 e. The average Bonchev–Trinajstić information content (AvgIpc) is 2.50. The maximum absolute atomic E-state index is 11.0. The predicted molar refractivity (Wildman–Crippen MR) is 87.3 cm³/mol. The molecular formula is C19H22O3. The highest BCUT2D eigenvalue weighted by Gasteiger charge is 2.19. The zero-order valence-electron chi connectivity index (χ0n) is 13.3. The van der Waals surface area contributed by atoms with E-state index in [9.17, 15) is 4.79 Å². The quantitative estimate of drug-likeness (QED) is 0.792. The summed E-state index contributed by atoms with van der Waals surface area (Å²) in [5.74, 6) is 0. The lowest BCUT2D eigenvalue weighted by atomic mass is 9.93. The van der Waals surface area contributed by atoms with Gasteiger partial charge in [0.2, 0.25) is 0 Å². The van der Waals surface area contributed by atoms with E-state index in [2.05, 4.69) is 13.8 Å². The monoisotopic (exact) mass is 298 g/mol. The first-order chi connectivity index (χ1) is 10.5. The normalized spacial score (nSPS) is 12.0. The Morgan fingerprint density at radius 2 is 1.73 bits per heavy atom. The number of ether oxygens (including phenoxy) is 1. The Bertz CT molecular complexity index is 647. The van der Waals surface area contributed by atoms with Gasteiger partial charge >= 0.3 is 6.16 Å². The van der Waals surface area contributed by atoms with Gasteiger partial charge in [-0.2, -0.15) is 0 Å². The number of carbonyl (C=O) groups is 1. The van der Waals surface area contributed by atoms with Crippen LogP contribution in [-0.4, -0.2) is 11.3 Å². The van der Waals surface area contributed by atoms with Crippen molar-refractivity contribution in [1.82, 2.24) is 0 Å². The lowest BCUT2D eigenvalue weighted by molar-refractivity contribution is 0.0474. The molecular weight excluding hydrogens is 276 g/mol. The molecule has 0 spiro atoms. The maximum Gasteiger partial charge on any atom is 0.506 e. The van der Waals surface area contributed by atoms with Crippen LogP contribution in [-0.2, 0) is 11.2 Å². The van der Waals surface area contributed by atoms with Crippen molar-refractivity contribution in [2.75, 3.05) is 0 Å². The van der Waals surface area contributed by atoms with Crippen molar-refractivity contribution in [3.05, 3.63) is 70.3 Å². The first kappa shape index (κ1) is 16.1. The highest BCUT2D eigenvalue weighted by atomic mass is 16.7. The van der Waals surface area contributed by atoms with Crippen molar-refractivity contribution in [3.63, 3.8) is 0 Å². The third-order valence-corrected chi connectivity index (χ3v) is 4.23. The summed E-state index contributed by atoms with van der Waals surface area (Å²) in [5, 5.41) is 9.03. The summed E-state index contributed by atoms with van der Waals surface area (Å²) in [4.78, 5) is 11.0. The minimum atomic E-state index is -1.23. The van der Waals surface area contributed by atoms with Crippen LogP contribution in [0.3, 0.4) is 0 Å². The van der Waals surface area contributed by atoms with E-state index < -0.39 is 12.3 Å². The second-order valence-electron chi connectivity index (χ2n) is 5.62. The molecule has 0 aliphatic rings. The van der Waals surface area contributed by atoms with E-state index in [4.69, 9.17) is 9.84 Å². The molecule has 0 aliphatic carbocycles. The third-order valence-electron chi connectivity index (χ3n) is 4.23. The second kappa shape index (κ2) is 7.12. The highest BCUT2D eigenvalue weighted by Crippen LogP contribution is 2.29. The highest BCUT2D eigenvalue weighted by molar-refractivity contribution is 5.57. The van der Waals surface area contributed by atoms with Crippen LogP contribution < -0.4 is 0 Å². The molecule has 2 aromatic carbocycles. The number of rotatable bonds is 5. The number of carboxylic acid groups (broad SMARTS) is 1. The van der Waals surface area contributed by atoms with Crippen LogP contribution in [0.5, 0.6) is 0 Å². The van der Waals surface area contributed by atoms with E-state index in [1.54, 1.807) is 0 Å². The molecule has 22 heavy (non-hydrogen) atoms. The largest absolute Gasteiger partial charge is 0.506 e. The van der Waals surface area contributed by atoms with Gasteiger partial charge in [0.05, 0.1) is 0 Å². The van der Waals surface area contributed by atoms with Crippen LogP contribution in [0.15, 0.2) is 42.5 Å². The maximum atomic E-state index is 11.0. The predicted octanol–water partition coefficient (Wildman–Crippen LogP) is 4.98. The molecule has 3 nitrogen and oxygen atoms in total. The van der Waals surface area contributed by atoms with Crippen LogP contribution in [0.4, 0.5) is 4.79 Å². The topological polar surface area (TPSA) is 46.5 Å². The summed E-state index contributed by atoms with van der Waals surface area (Å²) in [6.45, 7) is 6.14.